The molecule has 1 unspecified atom stereocenters. The second kappa shape index (κ2) is 8.24. The highest BCUT2D eigenvalue weighted by Gasteiger charge is 2.22. The molecule has 4 aromatic heterocycles. The van der Waals surface area contributed by atoms with Crippen LogP contribution in [0.1, 0.15) is 41.5 Å². The van der Waals surface area contributed by atoms with Crippen LogP contribution in [0.25, 0.3) is 16.3 Å². The average molecular weight is 452 g/mol. The molecule has 1 atom stereocenters. The van der Waals surface area contributed by atoms with Crippen molar-refractivity contribution in [1.82, 2.24) is 24.1 Å². The minimum Gasteiger partial charge on any atom is -0.304 e. The number of aromatic nitrogens is 5. The lowest BCUT2D eigenvalue weighted by atomic mass is 9.87. The van der Waals surface area contributed by atoms with E-state index in [0.29, 0.717) is 11.4 Å². The number of pyridine rings is 1. The zero-order valence-electron chi connectivity index (χ0n) is 18.0. The maximum atomic E-state index is 12.4. The van der Waals surface area contributed by atoms with Gasteiger partial charge in [0.1, 0.15) is 5.65 Å². The summed E-state index contributed by atoms with van der Waals surface area (Å²) in [7, 11) is 2.01. The fraction of sp³-hybridized carbons (Fsp3) is 0.391. The number of thiophene rings is 1. The molecule has 8 heteroatoms. The van der Waals surface area contributed by atoms with Gasteiger partial charge in [-0.05, 0) is 55.4 Å². The molecular formula is C23H25N5OS2. The highest BCUT2D eigenvalue weighted by Crippen LogP contribution is 2.38. The second-order valence-electron chi connectivity index (χ2n) is 8.20. The Bertz CT molecular complexity index is 1320. The van der Waals surface area contributed by atoms with E-state index in [4.69, 9.17) is 4.98 Å². The lowest BCUT2D eigenvalue weighted by Gasteiger charge is -2.19. The van der Waals surface area contributed by atoms with Gasteiger partial charge < -0.3 is 4.57 Å². The van der Waals surface area contributed by atoms with Crippen LogP contribution in [0.5, 0.6) is 0 Å². The van der Waals surface area contributed by atoms with E-state index in [0.717, 1.165) is 28.2 Å². The molecule has 0 saturated carbocycles. The zero-order valence-corrected chi connectivity index (χ0v) is 19.6. The number of rotatable bonds is 5. The van der Waals surface area contributed by atoms with Crippen LogP contribution in [0.3, 0.4) is 0 Å². The molecule has 1 aliphatic rings. The van der Waals surface area contributed by atoms with Crippen molar-refractivity contribution in [1.29, 1.82) is 0 Å². The number of hydrogen-bond donors (Lipinski definition) is 0. The van der Waals surface area contributed by atoms with Gasteiger partial charge in [-0.2, -0.15) is 0 Å². The molecule has 0 amide bonds. The van der Waals surface area contributed by atoms with Crippen LogP contribution >= 0.6 is 23.1 Å². The predicted molar refractivity (Wildman–Crippen MR) is 126 cm³/mol. The fourth-order valence-electron chi connectivity index (χ4n) is 4.23. The molecule has 31 heavy (non-hydrogen) atoms. The van der Waals surface area contributed by atoms with Gasteiger partial charge in [-0.15, -0.1) is 21.5 Å². The first-order valence-corrected chi connectivity index (χ1v) is 12.5. The molecule has 0 aliphatic heterocycles. The summed E-state index contributed by atoms with van der Waals surface area (Å²) >= 11 is 3.42. The van der Waals surface area contributed by atoms with E-state index in [-0.39, 0.29) is 5.56 Å². The van der Waals surface area contributed by atoms with Crippen LogP contribution in [0.4, 0.5) is 0 Å². The summed E-state index contributed by atoms with van der Waals surface area (Å²) in [4.78, 5) is 19.8. The lowest BCUT2D eigenvalue weighted by molar-refractivity contribution is 0.449. The molecule has 0 aromatic carbocycles. The van der Waals surface area contributed by atoms with Crippen molar-refractivity contribution in [3.8, 4) is 10.7 Å². The molecule has 0 radical (unpaired) electrons. The highest BCUT2D eigenvalue weighted by atomic mass is 32.2. The first kappa shape index (κ1) is 20.5. The third-order valence-corrected chi connectivity index (χ3v) is 8.39. The van der Waals surface area contributed by atoms with Crippen molar-refractivity contribution in [3.05, 3.63) is 62.5 Å². The molecule has 160 valence electrons. The molecule has 1 aliphatic carbocycles. The third-order valence-electron chi connectivity index (χ3n) is 6.11. The Labute approximate surface area is 189 Å². The Morgan fingerprint density at radius 1 is 1.29 bits per heavy atom. The summed E-state index contributed by atoms with van der Waals surface area (Å²) in [5.74, 6) is 2.30. The van der Waals surface area contributed by atoms with Crippen molar-refractivity contribution >= 4 is 28.7 Å². The Hall–Kier alpha value is -2.45. The van der Waals surface area contributed by atoms with Crippen molar-refractivity contribution in [2.45, 2.75) is 50.4 Å². The normalized spacial score (nSPS) is 16.0. The lowest BCUT2D eigenvalue weighted by Crippen LogP contribution is -2.15. The second-order valence-corrected chi connectivity index (χ2v) is 10.3. The van der Waals surface area contributed by atoms with Gasteiger partial charge in [0.25, 0.3) is 5.56 Å². The summed E-state index contributed by atoms with van der Waals surface area (Å²) in [6, 6.07) is 7.76. The highest BCUT2D eigenvalue weighted by molar-refractivity contribution is 7.98. The number of hydrogen-bond acceptors (Lipinski definition) is 6. The minimum atomic E-state index is -0.0579. The first-order chi connectivity index (χ1) is 15.0. The van der Waals surface area contributed by atoms with Gasteiger partial charge in [0.05, 0.1) is 10.6 Å². The molecular weight excluding hydrogens is 426 g/mol. The van der Waals surface area contributed by atoms with Gasteiger partial charge in [-0.3, -0.25) is 9.20 Å². The number of nitrogens with zero attached hydrogens (tertiary/aromatic N) is 5. The Kier molecular flexibility index (Phi) is 5.44. The predicted octanol–water partition coefficient (Wildman–Crippen LogP) is 4.67. The summed E-state index contributed by atoms with van der Waals surface area (Å²) < 4.78 is 3.64. The Balaban J connectivity index is 1.37. The van der Waals surface area contributed by atoms with E-state index in [2.05, 4.69) is 27.8 Å². The Morgan fingerprint density at radius 2 is 2.16 bits per heavy atom. The minimum absolute atomic E-state index is 0.0579. The maximum absolute atomic E-state index is 12.4. The van der Waals surface area contributed by atoms with Gasteiger partial charge in [0, 0.05) is 29.9 Å². The first-order valence-electron chi connectivity index (χ1n) is 10.7. The van der Waals surface area contributed by atoms with Crippen LogP contribution in [-0.2, 0) is 25.6 Å². The van der Waals surface area contributed by atoms with Crippen LogP contribution in [0.2, 0.25) is 0 Å². The quantitative estimate of drug-likeness (QED) is 0.413. The van der Waals surface area contributed by atoms with Crippen molar-refractivity contribution in [2.24, 2.45) is 13.0 Å². The molecule has 5 rings (SSSR count). The standard InChI is InChI=1S/C23H25N5OS2/c1-4-15-7-8-18-16(10-15)11-19(31-18)22-25-26-23(27(22)3)30-13-17-12-20(29)28-9-5-6-14(2)21(28)24-17/h5-6,9,11-12,15H,4,7-8,10,13H2,1-3H3. The Morgan fingerprint density at radius 3 is 3.00 bits per heavy atom. The van der Waals surface area contributed by atoms with Crippen LogP contribution in [0, 0.1) is 12.8 Å². The molecule has 4 heterocycles. The van der Waals surface area contributed by atoms with Crippen LogP contribution in [0.15, 0.2) is 40.4 Å². The molecule has 6 nitrogen and oxygen atoms in total. The molecule has 0 spiro atoms. The molecule has 0 saturated heterocycles. The van der Waals surface area contributed by atoms with Gasteiger partial charge in [0.15, 0.2) is 11.0 Å². The van der Waals surface area contributed by atoms with Gasteiger partial charge in [0.2, 0.25) is 0 Å². The largest absolute Gasteiger partial charge is 0.304 e. The third kappa shape index (κ3) is 3.83. The van der Waals surface area contributed by atoms with Crippen molar-refractivity contribution in [3.63, 3.8) is 0 Å². The maximum Gasteiger partial charge on any atom is 0.258 e. The van der Waals surface area contributed by atoms with Gasteiger partial charge in [-0.25, -0.2) is 4.98 Å². The van der Waals surface area contributed by atoms with E-state index in [1.165, 1.54) is 41.0 Å². The molecule has 0 fully saturated rings. The number of fused-ring (bicyclic) bond motifs is 2. The topological polar surface area (TPSA) is 65.1 Å². The zero-order chi connectivity index (χ0) is 21.5. The van der Waals surface area contributed by atoms with Crippen molar-refractivity contribution in [2.75, 3.05) is 0 Å². The van der Waals surface area contributed by atoms with Crippen molar-refractivity contribution < 1.29 is 0 Å². The molecule has 0 bridgehead atoms. The monoisotopic (exact) mass is 451 g/mol. The summed E-state index contributed by atoms with van der Waals surface area (Å²) in [6.45, 7) is 4.26. The summed E-state index contributed by atoms with van der Waals surface area (Å²) in [6.07, 6.45) is 6.67. The van der Waals surface area contributed by atoms with E-state index in [1.807, 2.05) is 37.4 Å². The SMILES string of the molecule is CCC1CCc2sc(-c3nnc(SCc4cc(=O)n5cccc(C)c5n4)n3C)cc2C1. The van der Waals surface area contributed by atoms with Crippen LogP contribution in [-0.4, -0.2) is 24.1 Å². The fourth-order valence-corrected chi connectivity index (χ4v) is 6.27. The molecule has 4 aromatic rings. The number of thioether (sulfide) groups is 1. The van der Waals surface area contributed by atoms with Gasteiger partial charge >= 0.3 is 0 Å². The van der Waals surface area contributed by atoms with E-state index >= 15 is 0 Å². The van der Waals surface area contributed by atoms with E-state index in [9.17, 15) is 4.79 Å². The summed E-state index contributed by atoms with van der Waals surface area (Å²) in [5.41, 5.74) is 3.88. The van der Waals surface area contributed by atoms with Crippen LogP contribution < -0.4 is 5.56 Å². The average Bonchev–Trinajstić information content (AvgIpc) is 3.35. The number of aryl methyl sites for hydroxylation is 2. The van der Waals surface area contributed by atoms with E-state index in [1.54, 1.807) is 28.4 Å². The molecule has 0 N–H and O–H groups in total. The van der Waals surface area contributed by atoms with Gasteiger partial charge in [-0.1, -0.05) is 31.2 Å². The smallest absolute Gasteiger partial charge is 0.258 e. The van der Waals surface area contributed by atoms with E-state index < -0.39 is 0 Å². The summed E-state index contributed by atoms with van der Waals surface area (Å²) in [5, 5.41) is 9.73.